The molecule has 0 unspecified atom stereocenters. The van der Waals surface area contributed by atoms with Crippen molar-refractivity contribution < 1.29 is 23.1 Å². The van der Waals surface area contributed by atoms with Crippen LogP contribution in [0.25, 0.3) is 0 Å². The molecule has 2 aromatic carbocycles. The van der Waals surface area contributed by atoms with E-state index in [1.54, 1.807) is 0 Å². The van der Waals surface area contributed by atoms with E-state index in [4.69, 9.17) is 4.74 Å². The van der Waals surface area contributed by atoms with E-state index >= 15 is 0 Å². The molecular weight excluding hydrogens is 378 g/mol. The quantitative estimate of drug-likeness (QED) is 0.762. The molecule has 2 N–H and O–H groups in total. The molecule has 2 aromatic rings. The van der Waals surface area contributed by atoms with E-state index in [0.717, 1.165) is 43.4 Å². The van der Waals surface area contributed by atoms with Crippen LogP contribution in [0.3, 0.4) is 0 Å². The summed E-state index contributed by atoms with van der Waals surface area (Å²) in [4.78, 5) is 24.0. The van der Waals surface area contributed by atoms with E-state index in [2.05, 4.69) is 10.6 Å². The number of alkyl carbamates (subject to hydrolysis) is 1. The maximum atomic E-state index is 13.3. The Hall–Kier alpha value is -2.96. The number of amides is 2. The Morgan fingerprint density at radius 1 is 0.966 bits per heavy atom. The molecule has 3 rings (SSSR count). The van der Waals surface area contributed by atoms with Crippen LogP contribution < -0.4 is 10.6 Å². The summed E-state index contributed by atoms with van der Waals surface area (Å²) in [6.45, 7) is 0.757. The molecule has 0 saturated heterocycles. The zero-order valence-electron chi connectivity index (χ0n) is 16.0. The molecule has 1 aliphatic rings. The maximum absolute atomic E-state index is 13.3. The Kier molecular flexibility index (Phi) is 7.16. The van der Waals surface area contributed by atoms with Gasteiger partial charge in [0.1, 0.15) is 6.61 Å². The second kappa shape index (κ2) is 10.0. The highest BCUT2D eigenvalue weighted by Crippen LogP contribution is 2.24. The summed E-state index contributed by atoms with van der Waals surface area (Å²) in [5.41, 5.74) is 1.04. The molecular formula is C22H24F2N2O3. The number of carbonyl (C=O) groups excluding carboxylic acids is 2. The minimum absolute atomic E-state index is 0.0168. The molecule has 7 heteroatoms. The van der Waals surface area contributed by atoms with E-state index in [1.807, 2.05) is 30.3 Å². The van der Waals surface area contributed by atoms with Crippen LogP contribution in [-0.4, -0.2) is 24.6 Å². The molecule has 2 amide bonds. The zero-order valence-corrected chi connectivity index (χ0v) is 16.0. The highest BCUT2D eigenvalue weighted by molar-refractivity contribution is 5.94. The first kappa shape index (κ1) is 20.8. The molecule has 0 heterocycles. The van der Waals surface area contributed by atoms with Crippen LogP contribution in [0.1, 0.15) is 41.6 Å². The summed E-state index contributed by atoms with van der Waals surface area (Å²) in [6, 6.07) is 12.6. The lowest BCUT2D eigenvalue weighted by atomic mass is 9.86. The molecule has 0 atom stereocenters. The maximum Gasteiger partial charge on any atom is 0.407 e. The van der Waals surface area contributed by atoms with Gasteiger partial charge in [-0.1, -0.05) is 30.3 Å². The predicted molar refractivity (Wildman–Crippen MR) is 104 cm³/mol. The van der Waals surface area contributed by atoms with Crippen molar-refractivity contribution >= 4 is 12.0 Å². The second-order valence-electron chi connectivity index (χ2n) is 7.26. The molecule has 0 spiro atoms. The third kappa shape index (κ3) is 6.27. The number of hydrogen-bond donors (Lipinski definition) is 2. The fourth-order valence-corrected chi connectivity index (χ4v) is 3.42. The minimum atomic E-state index is -1.04. The molecule has 1 saturated carbocycles. The predicted octanol–water partition coefficient (Wildman–Crippen LogP) is 4.18. The van der Waals surface area contributed by atoms with E-state index in [-0.39, 0.29) is 18.2 Å². The Balaban J connectivity index is 1.35. The summed E-state index contributed by atoms with van der Waals surface area (Å²) in [5.74, 6) is -2.10. The number of carbonyl (C=O) groups is 2. The van der Waals surface area contributed by atoms with Crippen LogP contribution in [0, 0.1) is 17.6 Å². The summed E-state index contributed by atoms with van der Waals surface area (Å²) in [6.07, 6.45) is 2.79. The number of hydrogen-bond acceptors (Lipinski definition) is 3. The number of nitrogens with one attached hydrogen (secondary N) is 2. The highest BCUT2D eigenvalue weighted by Gasteiger charge is 2.23. The summed E-state index contributed by atoms with van der Waals surface area (Å²) >= 11 is 0. The second-order valence-corrected chi connectivity index (χ2v) is 7.26. The van der Waals surface area contributed by atoms with Crippen molar-refractivity contribution in [2.75, 3.05) is 6.54 Å². The van der Waals surface area contributed by atoms with Crippen molar-refractivity contribution in [3.63, 3.8) is 0 Å². The molecule has 0 bridgehead atoms. The lowest BCUT2D eigenvalue weighted by Crippen LogP contribution is -2.39. The van der Waals surface area contributed by atoms with Gasteiger partial charge in [-0.2, -0.15) is 0 Å². The normalized spacial score (nSPS) is 18.7. The van der Waals surface area contributed by atoms with Crippen LogP contribution in [0.4, 0.5) is 13.6 Å². The van der Waals surface area contributed by atoms with Gasteiger partial charge < -0.3 is 15.4 Å². The number of halogens is 2. The highest BCUT2D eigenvalue weighted by atomic mass is 19.2. The Bertz CT molecular complexity index is 837. The van der Waals surface area contributed by atoms with Gasteiger partial charge in [-0.05, 0) is 55.4 Å². The first-order valence-corrected chi connectivity index (χ1v) is 9.71. The Morgan fingerprint density at radius 2 is 1.69 bits per heavy atom. The van der Waals surface area contributed by atoms with Gasteiger partial charge in [0, 0.05) is 18.2 Å². The van der Waals surface area contributed by atoms with Crippen LogP contribution >= 0.6 is 0 Å². The topological polar surface area (TPSA) is 67.4 Å². The molecule has 0 aromatic heterocycles. The van der Waals surface area contributed by atoms with Crippen LogP contribution in [0.5, 0.6) is 0 Å². The van der Waals surface area contributed by atoms with Gasteiger partial charge in [-0.25, -0.2) is 13.6 Å². The third-order valence-electron chi connectivity index (χ3n) is 5.11. The molecule has 154 valence electrons. The van der Waals surface area contributed by atoms with E-state index in [1.165, 1.54) is 6.07 Å². The van der Waals surface area contributed by atoms with Crippen molar-refractivity contribution in [1.82, 2.24) is 10.6 Å². The standard InChI is InChI=1S/C22H24F2N2O3/c23-19-11-8-17(12-20(19)24)21(27)26-18-9-6-15(7-10-18)13-25-22(28)29-14-16-4-2-1-3-5-16/h1-5,8,11-12,15,18H,6-7,9-10,13-14H2,(H,25,28)(H,26,27)/t15-,18+. The van der Waals surface area contributed by atoms with Gasteiger partial charge in [-0.3, -0.25) is 4.79 Å². The fraction of sp³-hybridized carbons (Fsp3) is 0.364. The lowest BCUT2D eigenvalue weighted by Gasteiger charge is -2.29. The van der Waals surface area contributed by atoms with Crippen molar-refractivity contribution in [3.05, 3.63) is 71.3 Å². The number of rotatable bonds is 6. The minimum Gasteiger partial charge on any atom is -0.445 e. The van der Waals surface area contributed by atoms with Gasteiger partial charge in [0.05, 0.1) is 0 Å². The molecule has 1 fully saturated rings. The van der Waals surface area contributed by atoms with Gasteiger partial charge in [-0.15, -0.1) is 0 Å². The molecule has 0 radical (unpaired) electrons. The Labute approximate surface area is 168 Å². The lowest BCUT2D eigenvalue weighted by molar-refractivity contribution is 0.0921. The molecule has 29 heavy (non-hydrogen) atoms. The van der Waals surface area contributed by atoms with Crippen molar-refractivity contribution in [3.8, 4) is 0 Å². The van der Waals surface area contributed by atoms with Gasteiger partial charge >= 0.3 is 6.09 Å². The Morgan fingerprint density at radius 3 is 2.38 bits per heavy atom. The SMILES string of the molecule is O=C(NC[C@H]1CC[C@@H](NC(=O)c2ccc(F)c(F)c2)CC1)OCc1ccccc1. The van der Waals surface area contributed by atoms with Crippen LogP contribution in [0.2, 0.25) is 0 Å². The fourth-order valence-electron chi connectivity index (χ4n) is 3.42. The average Bonchev–Trinajstić information content (AvgIpc) is 2.74. The van der Waals surface area contributed by atoms with Gasteiger partial charge in [0.15, 0.2) is 11.6 Å². The molecule has 1 aliphatic carbocycles. The van der Waals surface area contributed by atoms with Crippen molar-refractivity contribution in [2.45, 2.75) is 38.3 Å². The summed E-state index contributed by atoms with van der Waals surface area (Å²) in [7, 11) is 0. The third-order valence-corrected chi connectivity index (χ3v) is 5.11. The largest absolute Gasteiger partial charge is 0.445 e. The van der Waals surface area contributed by atoms with Crippen molar-refractivity contribution in [2.24, 2.45) is 5.92 Å². The van der Waals surface area contributed by atoms with Crippen molar-refractivity contribution in [1.29, 1.82) is 0 Å². The van der Waals surface area contributed by atoms with E-state index in [0.29, 0.717) is 12.5 Å². The smallest absolute Gasteiger partial charge is 0.407 e. The zero-order chi connectivity index (χ0) is 20.6. The first-order valence-electron chi connectivity index (χ1n) is 9.71. The van der Waals surface area contributed by atoms with E-state index in [9.17, 15) is 18.4 Å². The number of ether oxygens (including phenoxy) is 1. The first-order chi connectivity index (χ1) is 14.0. The summed E-state index contributed by atoms with van der Waals surface area (Å²) < 4.78 is 31.4. The monoisotopic (exact) mass is 402 g/mol. The van der Waals surface area contributed by atoms with Gasteiger partial charge in [0.25, 0.3) is 5.91 Å². The van der Waals surface area contributed by atoms with E-state index < -0.39 is 23.6 Å². The number of benzene rings is 2. The van der Waals surface area contributed by atoms with Crippen LogP contribution in [0.15, 0.2) is 48.5 Å². The molecule has 0 aliphatic heterocycles. The average molecular weight is 402 g/mol. The van der Waals surface area contributed by atoms with Gasteiger partial charge in [0.2, 0.25) is 0 Å². The summed E-state index contributed by atoms with van der Waals surface area (Å²) in [5, 5.41) is 5.66. The van der Waals surface area contributed by atoms with Crippen LogP contribution in [-0.2, 0) is 11.3 Å². The molecule has 5 nitrogen and oxygen atoms in total.